The second kappa shape index (κ2) is 9.26. The van der Waals surface area contributed by atoms with Crippen molar-refractivity contribution in [2.24, 2.45) is 24.2 Å². The third kappa shape index (κ3) is 4.06. The molecule has 1 aromatic carbocycles. The van der Waals surface area contributed by atoms with Crippen LogP contribution in [0.5, 0.6) is 11.5 Å². The van der Waals surface area contributed by atoms with Crippen molar-refractivity contribution in [2.45, 2.75) is 25.0 Å². The quantitative estimate of drug-likeness (QED) is 0.318. The number of nitrogens with zero attached hydrogens (tertiary/aromatic N) is 4. The van der Waals surface area contributed by atoms with E-state index in [4.69, 9.17) is 36.5 Å². The van der Waals surface area contributed by atoms with Crippen molar-refractivity contribution in [1.29, 1.82) is 0 Å². The monoisotopic (exact) mass is 535 g/mol. The van der Waals surface area contributed by atoms with E-state index < -0.39 is 11.8 Å². The minimum Gasteiger partial charge on any atom is -0.496 e. The molecule has 1 unspecified atom stereocenters. The Morgan fingerprint density at radius 2 is 2.11 bits per heavy atom. The van der Waals surface area contributed by atoms with Crippen molar-refractivity contribution >= 4 is 17.2 Å². The molecule has 5 heterocycles. The molecule has 0 aliphatic carbocycles. The predicted molar refractivity (Wildman–Crippen MR) is 143 cm³/mol. The molecule has 12 heteroatoms. The van der Waals surface area contributed by atoms with Gasteiger partial charge in [-0.1, -0.05) is 0 Å². The van der Waals surface area contributed by atoms with Crippen LogP contribution in [0.2, 0.25) is 0 Å². The molecule has 1 atom stereocenters. The van der Waals surface area contributed by atoms with Gasteiger partial charge in [0, 0.05) is 59.7 Å². The highest BCUT2D eigenvalue weighted by atomic mass is 32.1. The highest BCUT2D eigenvalue weighted by Crippen LogP contribution is 2.46. The number of ether oxygens (including phenoxy) is 3. The molecule has 0 bridgehead atoms. The maximum atomic E-state index is 14.0. The lowest BCUT2D eigenvalue weighted by Crippen LogP contribution is -2.73. The summed E-state index contributed by atoms with van der Waals surface area (Å²) in [6.45, 7) is 0.918. The summed E-state index contributed by atoms with van der Waals surface area (Å²) in [7, 11) is 3.60. The number of hydrogen-bond donors (Lipinski definition) is 3. The van der Waals surface area contributed by atoms with Crippen LogP contribution >= 0.6 is 11.3 Å². The van der Waals surface area contributed by atoms with E-state index in [9.17, 15) is 4.79 Å². The molecular formula is C26H29N7O4S. The number of thiophene rings is 1. The van der Waals surface area contributed by atoms with Gasteiger partial charge in [0.15, 0.2) is 11.6 Å². The molecule has 1 fully saturated rings. The van der Waals surface area contributed by atoms with Crippen LogP contribution in [-0.4, -0.2) is 57.4 Å². The summed E-state index contributed by atoms with van der Waals surface area (Å²) in [5.41, 5.74) is 23.4. The number of nitrogens with two attached hydrogens (primary N) is 3. The Hall–Kier alpha value is -3.68. The van der Waals surface area contributed by atoms with Gasteiger partial charge in [-0.05, 0) is 30.0 Å². The van der Waals surface area contributed by atoms with Gasteiger partial charge in [-0.2, -0.15) is 16.4 Å². The van der Waals surface area contributed by atoms with Crippen molar-refractivity contribution in [3.63, 3.8) is 0 Å². The summed E-state index contributed by atoms with van der Waals surface area (Å²) in [6.07, 6.45) is 4.57. The first-order chi connectivity index (χ1) is 18.3. The number of fused-ring (bicyclic) bond motifs is 3. The first-order valence-corrected chi connectivity index (χ1v) is 13.1. The third-order valence-electron chi connectivity index (χ3n) is 6.92. The summed E-state index contributed by atoms with van der Waals surface area (Å²) in [6, 6.07) is 7.49. The molecule has 11 nitrogen and oxygen atoms in total. The molecule has 198 valence electrons. The molecule has 2 aliphatic rings. The number of methoxy groups -OCH3 is 1. The zero-order chi connectivity index (χ0) is 26.6. The maximum Gasteiger partial charge on any atom is 0.278 e. The van der Waals surface area contributed by atoms with E-state index in [2.05, 4.69) is 0 Å². The average molecular weight is 536 g/mol. The van der Waals surface area contributed by atoms with Crippen molar-refractivity contribution in [3.05, 3.63) is 58.7 Å². The van der Waals surface area contributed by atoms with Crippen molar-refractivity contribution < 1.29 is 19.0 Å². The SMILES string of the molecule is COc1cc2c(cc1-c1ccn(C)c1)-c1c(c(C(=O)N(C3CCOC3)C(N)(N)N)nn1-c1ccsc1)CO2. The normalized spacial score (nSPS) is 16.6. The number of aromatic nitrogens is 3. The summed E-state index contributed by atoms with van der Waals surface area (Å²) in [5.74, 6) is -1.04. The zero-order valence-corrected chi connectivity index (χ0v) is 21.9. The summed E-state index contributed by atoms with van der Waals surface area (Å²) >= 11 is 1.54. The molecule has 0 saturated carbocycles. The molecular weight excluding hydrogens is 506 g/mol. The van der Waals surface area contributed by atoms with Crippen molar-refractivity contribution in [1.82, 2.24) is 19.2 Å². The second-order valence-corrected chi connectivity index (χ2v) is 10.3. The highest BCUT2D eigenvalue weighted by Gasteiger charge is 2.41. The average Bonchev–Trinajstić information content (AvgIpc) is 3.69. The molecule has 1 saturated heterocycles. The molecule has 1 amide bonds. The van der Waals surface area contributed by atoms with Gasteiger partial charge in [0.2, 0.25) is 0 Å². The van der Waals surface area contributed by atoms with Gasteiger partial charge < -0.3 is 18.8 Å². The summed E-state index contributed by atoms with van der Waals surface area (Å²) in [5, 5.41) is 8.73. The lowest BCUT2D eigenvalue weighted by atomic mass is 9.96. The lowest BCUT2D eigenvalue weighted by Gasteiger charge is -2.38. The number of carbonyl (C=O) groups excluding carboxylic acids is 1. The minimum absolute atomic E-state index is 0.128. The first kappa shape index (κ1) is 24.6. The smallest absolute Gasteiger partial charge is 0.278 e. The Labute approximate surface area is 223 Å². The number of hydrogen-bond acceptors (Lipinski definition) is 9. The van der Waals surface area contributed by atoms with E-state index in [-0.39, 0.29) is 18.3 Å². The zero-order valence-electron chi connectivity index (χ0n) is 21.1. The van der Waals surface area contributed by atoms with Gasteiger partial charge in [0.05, 0.1) is 31.1 Å². The number of carbonyl (C=O) groups is 1. The maximum absolute atomic E-state index is 14.0. The van der Waals surface area contributed by atoms with E-state index in [1.54, 1.807) is 11.8 Å². The van der Waals surface area contributed by atoms with Crippen LogP contribution in [0.1, 0.15) is 22.5 Å². The fourth-order valence-electron chi connectivity index (χ4n) is 5.17. The first-order valence-electron chi connectivity index (χ1n) is 12.2. The van der Waals surface area contributed by atoms with Gasteiger partial charge >= 0.3 is 0 Å². The Morgan fingerprint density at radius 1 is 1.26 bits per heavy atom. The van der Waals surface area contributed by atoms with Crippen LogP contribution in [0.15, 0.2) is 47.4 Å². The Balaban J connectivity index is 1.55. The van der Waals surface area contributed by atoms with Crippen molar-refractivity contribution in [2.75, 3.05) is 20.3 Å². The van der Waals surface area contributed by atoms with Gasteiger partial charge in [-0.25, -0.2) is 4.68 Å². The molecule has 6 N–H and O–H groups in total. The number of amides is 1. The number of aryl methyl sites for hydroxylation is 1. The molecule has 2 aliphatic heterocycles. The minimum atomic E-state index is -1.89. The predicted octanol–water partition coefficient (Wildman–Crippen LogP) is 2.23. The Bertz CT molecular complexity index is 1500. The van der Waals surface area contributed by atoms with E-state index >= 15 is 0 Å². The number of rotatable bonds is 6. The Morgan fingerprint density at radius 3 is 2.74 bits per heavy atom. The third-order valence-corrected chi connectivity index (χ3v) is 7.59. The second-order valence-electron chi connectivity index (χ2n) is 9.55. The van der Waals surface area contributed by atoms with Gasteiger partial charge in [-0.15, -0.1) is 0 Å². The Kier molecular flexibility index (Phi) is 6.00. The van der Waals surface area contributed by atoms with Crippen LogP contribution < -0.4 is 26.7 Å². The fraction of sp³-hybridized carbons (Fsp3) is 0.308. The molecule has 4 aromatic rings. The van der Waals surface area contributed by atoms with Crippen LogP contribution in [0.3, 0.4) is 0 Å². The fourth-order valence-corrected chi connectivity index (χ4v) is 5.79. The highest BCUT2D eigenvalue weighted by molar-refractivity contribution is 7.08. The topological polar surface area (TPSA) is 149 Å². The van der Waals surface area contributed by atoms with Crippen LogP contribution in [0, 0.1) is 0 Å². The summed E-state index contributed by atoms with van der Waals surface area (Å²) < 4.78 is 21.1. The number of benzene rings is 1. The standard InChI is InChI=1S/C26H29N7O4S/c1-31-6-3-15(11-31)18-9-19-22(10-21(18)35-2)37-13-20-23(30-33(24(19)20)17-5-8-38-14-17)25(34)32(26(27,28)29)16-4-7-36-12-16/h3,5-6,8-11,14,16H,4,7,12-13,27-29H2,1-2H3. The molecule has 3 aromatic heterocycles. The van der Waals surface area contributed by atoms with Gasteiger partial charge in [-0.3, -0.25) is 26.9 Å². The van der Waals surface area contributed by atoms with E-state index in [0.717, 1.165) is 28.1 Å². The van der Waals surface area contributed by atoms with Crippen LogP contribution in [-0.2, 0) is 18.4 Å². The van der Waals surface area contributed by atoms with Gasteiger partial charge in [0.25, 0.3) is 5.91 Å². The lowest BCUT2D eigenvalue weighted by molar-refractivity contribution is 0.0300. The van der Waals surface area contributed by atoms with Crippen LogP contribution in [0.25, 0.3) is 28.1 Å². The molecule has 0 spiro atoms. The summed E-state index contributed by atoms with van der Waals surface area (Å²) in [4.78, 5) is 15.3. The largest absolute Gasteiger partial charge is 0.496 e. The van der Waals surface area contributed by atoms with Crippen molar-refractivity contribution in [3.8, 4) is 39.6 Å². The van der Waals surface area contributed by atoms with E-state index in [1.807, 2.05) is 59.0 Å². The van der Waals surface area contributed by atoms with Gasteiger partial charge in [0.1, 0.15) is 18.1 Å². The van der Waals surface area contributed by atoms with E-state index in [0.29, 0.717) is 36.7 Å². The molecule has 6 rings (SSSR count). The molecule has 38 heavy (non-hydrogen) atoms. The van der Waals surface area contributed by atoms with E-state index in [1.165, 1.54) is 16.2 Å². The van der Waals surface area contributed by atoms with Crippen LogP contribution in [0.4, 0.5) is 0 Å². The molecule has 0 radical (unpaired) electrons.